The molecule has 1 rings (SSSR count). The Labute approximate surface area is 125 Å². The highest BCUT2D eigenvalue weighted by Crippen LogP contribution is 2.28. The third-order valence-corrected chi connectivity index (χ3v) is 3.28. The van der Waals surface area contributed by atoms with Gasteiger partial charge >= 0.3 is 5.97 Å². The molecule has 21 heavy (non-hydrogen) atoms. The minimum atomic E-state index is -1.03. The van der Waals surface area contributed by atoms with Crippen LogP contribution in [0.5, 0.6) is 0 Å². The molecule has 0 saturated heterocycles. The summed E-state index contributed by atoms with van der Waals surface area (Å²) in [6, 6.07) is 7.01. The van der Waals surface area contributed by atoms with Gasteiger partial charge in [0.2, 0.25) is 0 Å². The summed E-state index contributed by atoms with van der Waals surface area (Å²) in [6.45, 7) is 2.13. The lowest BCUT2D eigenvalue weighted by molar-refractivity contribution is -0.873. The van der Waals surface area contributed by atoms with Crippen LogP contribution in [0.4, 0.5) is 5.69 Å². The first-order valence-electron chi connectivity index (χ1n) is 6.89. The summed E-state index contributed by atoms with van der Waals surface area (Å²) in [4.78, 5) is 11.6. The quantitative estimate of drug-likeness (QED) is 0.547. The number of carboxylic acid groups (broad SMARTS) is 1. The van der Waals surface area contributed by atoms with Gasteiger partial charge in [-0.1, -0.05) is 18.2 Å². The van der Waals surface area contributed by atoms with Crippen molar-refractivity contribution in [2.45, 2.75) is 13.0 Å². The number of nitrogens with zero attached hydrogens (tertiary/aromatic N) is 1. The number of rotatable bonds is 6. The fourth-order valence-corrected chi connectivity index (χ4v) is 2.37. The maximum Gasteiger partial charge on any atom is 0.313 e. The predicted octanol–water partition coefficient (Wildman–Crippen LogP) is 1.44. The van der Waals surface area contributed by atoms with Crippen molar-refractivity contribution in [1.82, 2.24) is 0 Å². The Bertz CT molecular complexity index is 515. The van der Waals surface area contributed by atoms with E-state index in [9.17, 15) is 15.0 Å². The largest absolute Gasteiger partial charge is 0.481 e. The van der Waals surface area contributed by atoms with Crippen LogP contribution in [0.3, 0.4) is 0 Å². The van der Waals surface area contributed by atoms with E-state index in [4.69, 9.17) is 5.73 Å². The number of nitrogen functional groups attached to an aromatic ring is 1. The van der Waals surface area contributed by atoms with Gasteiger partial charge in [-0.2, -0.15) is 0 Å². The Hall–Kier alpha value is -1.85. The summed E-state index contributed by atoms with van der Waals surface area (Å²) in [7, 11) is 5.75. The van der Waals surface area contributed by atoms with E-state index in [1.54, 1.807) is 37.3 Å². The molecule has 0 radical (unpaired) electrons. The highest BCUT2D eigenvalue weighted by molar-refractivity contribution is 5.88. The number of hydrogen-bond acceptors (Lipinski definition) is 3. The van der Waals surface area contributed by atoms with Crippen LogP contribution in [0.25, 0.3) is 5.57 Å². The third kappa shape index (κ3) is 4.88. The molecule has 1 aromatic rings. The lowest BCUT2D eigenvalue weighted by Crippen LogP contribution is -2.46. The first kappa shape index (κ1) is 17.2. The van der Waals surface area contributed by atoms with Crippen molar-refractivity contribution in [2.24, 2.45) is 5.92 Å². The normalized spacial score (nSPS) is 15.6. The highest BCUT2D eigenvalue weighted by atomic mass is 16.4. The molecule has 0 fully saturated rings. The van der Waals surface area contributed by atoms with Gasteiger partial charge in [0.1, 0.15) is 18.6 Å². The van der Waals surface area contributed by atoms with E-state index >= 15 is 0 Å². The van der Waals surface area contributed by atoms with Gasteiger partial charge in [-0.3, -0.25) is 4.79 Å². The molecule has 2 atom stereocenters. The van der Waals surface area contributed by atoms with Crippen LogP contribution in [0.1, 0.15) is 12.5 Å². The fourth-order valence-electron chi connectivity index (χ4n) is 2.37. The molecule has 1 aromatic carbocycles. The molecule has 2 unspecified atom stereocenters. The Morgan fingerprint density at radius 1 is 1.29 bits per heavy atom. The lowest BCUT2D eigenvalue weighted by Gasteiger charge is -2.30. The molecule has 0 aromatic heterocycles. The second-order valence-electron chi connectivity index (χ2n) is 6.22. The first-order valence-corrected chi connectivity index (χ1v) is 6.89. The number of carbonyl (C=O) groups is 1. The minimum absolute atomic E-state index is 0.350. The number of nitrogens with two attached hydrogens (primary N) is 1. The van der Waals surface area contributed by atoms with E-state index in [-0.39, 0.29) is 0 Å². The number of allylic oxidation sites excluding steroid dienone is 1. The molecule has 116 valence electrons. The Morgan fingerprint density at radius 2 is 1.81 bits per heavy atom. The topological polar surface area (TPSA) is 83.6 Å². The summed E-state index contributed by atoms with van der Waals surface area (Å²) >= 11 is 0. The molecule has 0 saturated carbocycles. The zero-order valence-electron chi connectivity index (χ0n) is 13.1. The molecule has 0 aliphatic heterocycles. The fraction of sp³-hybridized carbons (Fsp3) is 0.438. The van der Waals surface area contributed by atoms with Crippen molar-refractivity contribution < 1.29 is 19.5 Å². The number of aliphatic carboxylic acids is 1. The van der Waals surface area contributed by atoms with E-state index in [0.29, 0.717) is 22.3 Å². The summed E-state index contributed by atoms with van der Waals surface area (Å²) in [5.41, 5.74) is 7.64. The summed E-state index contributed by atoms with van der Waals surface area (Å²) in [5.74, 6) is -1.99. The van der Waals surface area contributed by atoms with E-state index < -0.39 is 18.0 Å². The molecule has 0 heterocycles. The van der Waals surface area contributed by atoms with Gasteiger partial charge in [0.25, 0.3) is 0 Å². The van der Waals surface area contributed by atoms with E-state index in [2.05, 4.69) is 0 Å². The zero-order chi connectivity index (χ0) is 16.2. The second-order valence-corrected chi connectivity index (χ2v) is 6.22. The van der Waals surface area contributed by atoms with E-state index in [0.717, 1.165) is 5.56 Å². The number of quaternary nitrogens is 1. The molecule has 0 aliphatic carbocycles. The zero-order valence-corrected chi connectivity index (χ0v) is 13.1. The van der Waals surface area contributed by atoms with Crippen molar-refractivity contribution in [3.05, 3.63) is 35.9 Å². The average molecular weight is 293 g/mol. The Balaban J connectivity index is 3.13. The molecule has 5 nitrogen and oxygen atoms in total. The van der Waals surface area contributed by atoms with Crippen molar-refractivity contribution in [3.63, 3.8) is 0 Å². The summed E-state index contributed by atoms with van der Waals surface area (Å²) in [6.07, 6.45) is 0.773. The number of carboxylic acids is 1. The van der Waals surface area contributed by atoms with Gasteiger partial charge in [-0.15, -0.1) is 0 Å². The predicted molar refractivity (Wildman–Crippen MR) is 84.5 cm³/mol. The van der Waals surface area contributed by atoms with Crippen LogP contribution in [-0.2, 0) is 4.79 Å². The van der Waals surface area contributed by atoms with Crippen molar-refractivity contribution in [1.29, 1.82) is 0 Å². The highest BCUT2D eigenvalue weighted by Gasteiger charge is 2.34. The minimum Gasteiger partial charge on any atom is -0.481 e. The van der Waals surface area contributed by atoms with Gasteiger partial charge < -0.3 is 20.4 Å². The standard InChI is InChI=1S/C16H24N2O3/c1-5-13(11-6-8-12(17)9-7-11)15(16(20)21)14(19)10-18(2,3)4/h5-9,14-15,19H,10,17H2,1-4H3/p+1/b13-5+. The van der Waals surface area contributed by atoms with Crippen LogP contribution in [0, 0.1) is 5.92 Å². The number of benzene rings is 1. The number of anilines is 1. The van der Waals surface area contributed by atoms with Gasteiger partial charge in [0, 0.05) is 5.69 Å². The Morgan fingerprint density at radius 3 is 2.19 bits per heavy atom. The third-order valence-electron chi connectivity index (χ3n) is 3.28. The maximum absolute atomic E-state index is 11.6. The van der Waals surface area contributed by atoms with Crippen LogP contribution in [0.15, 0.2) is 30.3 Å². The second kappa shape index (κ2) is 6.74. The molecular weight excluding hydrogens is 268 g/mol. The molecule has 0 amide bonds. The smallest absolute Gasteiger partial charge is 0.313 e. The molecular formula is C16H25N2O3+. The van der Waals surface area contributed by atoms with Crippen LogP contribution >= 0.6 is 0 Å². The molecule has 5 heteroatoms. The van der Waals surface area contributed by atoms with Gasteiger partial charge in [-0.05, 0) is 30.2 Å². The SMILES string of the molecule is C/C=C(\c1ccc(N)cc1)C(C(=O)O)C(O)C[N+](C)(C)C. The van der Waals surface area contributed by atoms with Crippen LogP contribution in [0.2, 0.25) is 0 Å². The molecule has 0 bridgehead atoms. The van der Waals surface area contributed by atoms with E-state index in [1.165, 1.54) is 0 Å². The van der Waals surface area contributed by atoms with Crippen molar-refractivity contribution in [3.8, 4) is 0 Å². The van der Waals surface area contributed by atoms with Crippen molar-refractivity contribution in [2.75, 3.05) is 33.4 Å². The maximum atomic E-state index is 11.6. The molecule has 0 aliphatic rings. The summed E-state index contributed by atoms with van der Waals surface area (Å²) < 4.78 is 0.490. The lowest BCUT2D eigenvalue weighted by atomic mass is 9.87. The molecule has 0 spiro atoms. The number of likely N-dealkylation sites (N-methyl/N-ethyl adjacent to an activating group) is 1. The molecule has 4 N–H and O–H groups in total. The first-order chi connectivity index (χ1) is 9.65. The van der Waals surface area contributed by atoms with Crippen LogP contribution in [-0.4, -0.2) is 54.5 Å². The number of aliphatic hydroxyl groups is 1. The van der Waals surface area contributed by atoms with Gasteiger partial charge in [0.05, 0.1) is 21.1 Å². The Kier molecular flexibility index (Phi) is 5.52. The van der Waals surface area contributed by atoms with Crippen molar-refractivity contribution >= 4 is 17.2 Å². The number of aliphatic hydroxyl groups excluding tert-OH is 1. The van der Waals surface area contributed by atoms with Gasteiger partial charge in [-0.25, -0.2) is 0 Å². The van der Waals surface area contributed by atoms with E-state index in [1.807, 2.05) is 21.1 Å². The number of hydrogen-bond donors (Lipinski definition) is 3. The van der Waals surface area contributed by atoms with Crippen LogP contribution < -0.4 is 5.73 Å². The summed E-state index contributed by atoms with van der Waals surface area (Å²) in [5, 5.41) is 19.9. The monoisotopic (exact) mass is 293 g/mol. The average Bonchev–Trinajstić information content (AvgIpc) is 2.34. The van der Waals surface area contributed by atoms with Gasteiger partial charge in [0.15, 0.2) is 0 Å².